The lowest BCUT2D eigenvalue weighted by atomic mass is 9.91. The Labute approximate surface area is 182 Å². The van der Waals surface area contributed by atoms with Crippen molar-refractivity contribution in [3.63, 3.8) is 0 Å². The predicted octanol–water partition coefficient (Wildman–Crippen LogP) is 5.08. The van der Waals surface area contributed by atoms with Crippen molar-refractivity contribution in [1.82, 2.24) is 4.98 Å². The Morgan fingerprint density at radius 3 is 2.33 bits per heavy atom. The van der Waals surface area contributed by atoms with Gasteiger partial charge in [0, 0.05) is 32.5 Å². The zero-order valence-electron chi connectivity index (χ0n) is 19.8. The SMILES string of the molecule is Cc1nc(C#CCCOCCCOC(C)(C)C)ccc1OC1CC(OC(C)(C)C)C1. The van der Waals surface area contributed by atoms with Crippen LogP contribution < -0.4 is 4.74 Å². The molecule has 1 aromatic rings. The van der Waals surface area contributed by atoms with Crippen LogP contribution >= 0.6 is 0 Å². The average Bonchev–Trinajstić information content (AvgIpc) is 2.58. The number of pyridine rings is 1. The Morgan fingerprint density at radius 1 is 0.967 bits per heavy atom. The molecule has 168 valence electrons. The maximum Gasteiger partial charge on any atom is 0.141 e. The summed E-state index contributed by atoms with van der Waals surface area (Å²) in [6, 6.07) is 3.89. The molecule has 1 aliphatic rings. The van der Waals surface area contributed by atoms with E-state index in [9.17, 15) is 0 Å². The minimum absolute atomic E-state index is 0.0852. The van der Waals surface area contributed by atoms with E-state index in [1.165, 1.54) is 0 Å². The summed E-state index contributed by atoms with van der Waals surface area (Å²) in [6.07, 6.45) is 3.96. The van der Waals surface area contributed by atoms with Gasteiger partial charge in [-0.25, -0.2) is 4.98 Å². The number of hydrogen-bond acceptors (Lipinski definition) is 5. The summed E-state index contributed by atoms with van der Waals surface area (Å²) in [5, 5.41) is 0. The second kappa shape index (κ2) is 11.1. The number of ether oxygens (including phenoxy) is 4. The number of hydrogen-bond donors (Lipinski definition) is 0. The van der Waals surface area contributed by atoms with Gasteiger partial charge in [0.2, 0.25) is 0 Å². The summed E-state index contributed by atoms with van der Waals surface area (Å²) < 4.78 is 23.3. The van der Waals surface area contributed by atoms with Crippen LogP contribution in [0.4, 0.5) is 0 Å². The van der Waals surface area contributed by atoms with E-state index in [0.717, 1.165) is 43.0 Å². The number of nitrogens with zero attached hydrogens (tertiary/aromatic N) is 1. The molecule has 0 amide bonds. The summed E-state index contributed by atoms with van der Waals surface area (Å²) in [5.41, 5.74) is 1.45. The van der Waals surface area contributed by atoms with Crippen LogP contribution in [0.1, 0.15) is 78.6 Å². The molecule has 0 aromatic carbocycles. The van der Waals surface area contributed by atoms with E-state index in [4.69, 9.17) is 18.9 Å². The molecule has 1 aromatic heterocycles. The van der Waals surface area contributed by atoms with Crippen molar-refractivity contribution in [3.05, 3.63) is 23.5 Å². The average molecular weight is 418 g/mol. The molecule has 1 heterocycles. The lowest BCUT2D eigenvalue weighted by Crippen LogP contribution is -2.43. The zero-order chi connectivity index (χ0) is 22.2. The summed E-state index contributed by atoms with van der Waals surface area (Å²) >= 11 is 0. The van der Waals surface area contributed by atoms with E-state index in [1.54, 1.807) is 0 Å². The number of aryl methyl sites for hydroxylation is 1. The van der Waals surface area contributed by atoms with E-state index < -0.39 is 0 Å². The van der Waals surface area contributed by atoms with Gasteiger partial charge in [-0.15, -0.1) is 0 Å². The van der Waals surface area contributed by atoms with Crippen LogP contribution in [-0.4, -0.2) is 48.2 Å². The molecular weight excluding hydrogens is 378 g/mol. The standard InChI is InChI=1S/C25H39NO4/c1-19-23(29-21-17-22(18-21)30-25(5,6)7)13-12-20(26-19)11-8-9-14-27-15-10-16-28-24(2,3)4/h12-13,21-22H,9-10,14-18H2,1-7H3. The Kier molecular flexibility index (Phi) is 9.15. The molecule has 30 heavy (non-hydrogen) atoms. The summed E-state index contributed by atoms with van der Waals surface area (Å²) in [5.74, 6) is 7.07. The van der Waals surface area contributed by atoms with Gasteiger partial charge in [0.25, 0.3) is 0 Å². The zero-order valence-corrected chi connectivity index (χ0v) is 19.8. The quantitative estimate of drug-likeness (QED) is 0.414. The molecule has 2 rings (SSSR count). The highest BCUT2D eigenvalue weighted by molar-refractivity contribution is 5.35. The third-order valence-electron chi connectivity index (χ3n) is 4.46. The molecule has 0 spiro atoms. The van der Waals surface area contributed by atoms with Gasteiger partial charge < -0.3 is 18.9 Å². The first-order valence-electron chi connectivity index (χ1n) is 11.0. The highest BCUT2D eigenvalue weighted by atomic mass is 16.5. The lowest BCUT2D eigenvalue weighted by Gasteiger charge is -2.39. The molecule has 0 atom stereocenters. The molecule has 0 aliphatic heterocycles. The van der Waals surface area contributed by atoms with Gasteiger partial charge in [-0.05, 0) is 72.9 Å². The lowest BCUT2D eigenvalue weighted by molar-refractivity contribution is -0.126. The molecule has 0 bridgehead atoms. The van der Waals surface area contributed by atoms with Crippen LogP contribution in [0.2, 0.25) is 0 Å². The van der Waals surface area contributed by atoms with Crippen molar-refractivity contribution < 1.29 is 18.9 Å². The van der Waals surface area contributed by atoms with Gasteiger partial charge in [0.15, 0.2) is 0 Å². The third kappa shape index (κ3) is 9.93. The maximum atomic E-state index is 6.07. The molecule has 0 saturated heterocycles. The second-order valence-electron chi connectivity index (χ2n) is 9.82. The molecule has 0 N–H and O–H groups in total. The monoisotopic (exact) mass is 417 g/mol. The normalized spacial score (nSPS) is 19.0. The minimum atomic E-state index is -0.0981. The largest absolute Gasteiger partial charge is 0.488 e. The molecule has 0 unspecified atom stereocenters. The third-order valence-corrected chi connectivity index (χ3v) is 4.46. The van der Waals surface area contributed by atoms with Crippen molar-refractivity contribution in [2.24, 2.45) is 0 Å². The van der Waals surface area contributed by atoms with E-state index in [1.807, 2.05) is 19.1 Å². The Hall–Kier alpha value is -1.61. The second-order valence-corrected chi connectivity index (χ2v) is 9.82. The van der Waals surface area contributed by atoms with Crippen molar-refractivity contribution >= 4 is 0 Å². The fourth-order valence-electron chi connectivity index (χ4n) is 3.05. The van der Waals surface area contributed by atoms with Crippen LogP contribution in [0.25, 0.3) is 0 Å². The van der Waals surface area contributed by atoms with Gasteiger partial charge in [-0.1, -0.05) is 5.92 Å². The summed E-state index contributed by atoms with van der Waals surface area (Å²) in [6.45, 7) is 16.4. The highest BCUT2D eigenvalue weighted by Gasteiger charge is 2.34. The Bertz CT molecular complexity index is 715. The van der Waals surface area contributed by atoms with Gasteiger partial charge in [0.1, 0.15) is 17.5 Å². The molecule has 1 saturated carbocycles. The number of aromatic nitrogens is 1. The Balaban J connectivity index is 1.64. The fraction of sp³-hybridized carbons (Fsp3) is 0.720. The van der Waals surface area contributed by atoms with Gasteiger partial charge in [0.05, 0.1) is 29.6 Å². The maximum absolute atomic E-state index is 6.07. The summed E-state index contributed by atoms with van der Waals surface area (Å²) in [4.78, 5) is 4.56. The molecule has 1 aliphatic carbocycles. The first kappa shape index (κ1) is 24.7. The van der Waals surface area contributed by atoms with E-state index in [0.29, 0.717) is 25.7 Å². The number of rotatable bonds is 9. The van der Waals surface area contributed by atoms with Gasteiger partial charge in [-0.3, -0.25) is 0 Å². The first-order valence-corrected chi connectivity index (χ1v) is 11.0. The van der Waals surface area contributed by atoms with Crippen LogP contribution in [0, 0.1) is 18.8 Å². The molecule has 5 nitrogen and oxygen atoms in total. The fourth-order valence-corrected chi connectivity index (χ4v) is 3.05. The molecular formula is C25H39NO4. The van der Waals surface area contributed by atoms with E-state index in [2.05, 4.69) is 58.4 Å². The van der Waals surface area contributed by atoms with Gasteiger partial charge in [-0.2, -0.15) is 0 Å². The first-order chi connectivity index (χ1) is 14.0. The highest BCUT2D eigenvalue weighted by Crippen LogP contribution is 2.31. The van der Waals surface area contributed by atoms with Crippen LogP contribution in [0.3, 0.4) is 0 Å². The molecule has 0 radical (unpaired) electrons. The minimum Gasteiger partial charge on any atom is -0.488 e. The van der Waals surface area contributed by atoms with E-state index >= 15 is 0 Å². The smallest absolute Gasteiger partial charge is 0.141 e. The van der Waals surface area contributed by atoms with Crippen molar-refractivity contribution in [2.75, 3.05) is 19.8 Å². The topological polar surface area (TPSA) is 49.8 Å². The van der Waals surface area contributed by atoms with Gasteiger partial charge >= 0.3 is 0 Å². The van der Waals surface area contributed by atoms with Crippen molar-refractivity contribution in [1.29, 1.82) is 0 Å². The van der Waals surface area contributed by atoms with Crippen LogP contribution in [0.15, 0.2) is 12.1 Å². The Morgan fingerprint density at radius 2 is 1.70 bits per heavy atom. The van der Waals surface area contributed by atoms with Crippen molar-refractivity contribution in [3.8, 4) is 17.6 Å². The van der Waals surface area contributed by atoms with Crippen LogP contribution in [-0.2, 0) is 14.2 Å². The van der Waals surface area contributed by atoms with Crippen molar-refractivity contribution in [2.45, 2.75) is 97.6 Å². The van der Waals surface area contributed by atoms with Crippen LogP contribution in [0.5, 0.6) is 5.75 Å². The molecule has 5 heteroatoms. The predicted molar refractivity (Wildman–Crippen MR) is 120 cm³/mol. The van der Waals surface area contributed by atoms with E-state index in [-0.39, 0.29) is 17.3 Å². The summed E-state index contributed by atoms with van der Waals surface area (Å²) in [7, 11) is 0. The molecule has 1 fully saturated rings.